The highest BCUT2D eigenvalue weighted by atomic mass is 19.3. The van der Waals surface area contributed by atoms with Crippen LogP contribution in [0.1, 0.15) is 49.9 Å². The molecule has 0 saturated carbocycles. The topological polar surface area (TPSA) is 64.7 Å². The van der Waals surface area contributed by atoms with Gasteiger partial charge >= 0.3 is 0 Å². The minimum absolute atomic E-state index is 0.198. The number of aliphatic hydroxyl groups is 1. The lowest BCUT2D eigenvalue weighted by atomic mass is 10.0. The van der Waals surface area contributed by atoms with Gasteiger partial charge in [0.2, 0.25) is 6.43 Å². The number of benzene rings is 2. The van der Waals surface area contributed by atoms with Gasteiger partial charge in [-0.05, 0) is 66.5 Å². The van der Waals surface area contributed by atoms with Crippen molar-refractivity contribution in [3.8, 4) is 11.4 Å². The van der Waals surface area contributed by atoms with E-state index in [9.17, 15) is 22.7 Å². The number of imidazole rings is 1. The average Bonchev–Trinajstić information content (AvgIpc) is 3.58. The summed E-state index contributed by atoms with van der Waals surface area (Å²) in [5, 5.41) is 10.4. The first-order valence-corrected chi connectivity index (χ1v) is 13.4. The first-order valence-electron chi connectivity index (χ1n) is 13.4. The van der Waals surface area contributed by atoms with Gasteiger partial charge in [-0.3, -0.25) is 0 Å². The lowest BCUT2D eigenvalue weighted by Gasteiger charge is -2.04. The second-order valence-electron chi connectivity index (χ2n) is 9.62. The molecule has 2 aromatic heterocycles. The Balaban J connectivity index is 0.000000241. The Kier molecular flexibility index (Phi) is 11.8. The third-order valence-corrected chi connectivity index (χ3v) is 6.23. The van der Waals surface area contributed by atoms with E-state index in [1.54, 1.807) is 43.6 Å². The summed E-state index contributed by atoms with van der Waals surface area (Å²) in [4.78, 5) is 10.3. The fourth-order valence-electron chi connectivity index (χ4n) is 4.25. The van der Waals surface area contributed by atoms with Crippen LogP contribution in [0.2, 0.25) is 0 Å². The molecular formula is C33H35F4N3O. The molecule has 0 unspecified atom stereocenters. The zero-order valence-electron chi connectivity index (χ0n) is 23.2. The molecule has 0 amide bonds. The molecular weight excluding hydrogens is 530 g/mol. The lowest BCUT2D eigenvalue weighted by molar-refractivity contribution is 0.154. The van der Waals surface area contributed by atoms with E-state index in [2.05, 4.69) is 27.6 Å². The molecule has 3 N–H and O–H groups in total. The summed E-state index contributed by atoms with van der Waals surface area (Å²) in [6.45, 7) is 6.97. The highest BCUT2D eigenvalue weighted by Crippen LogP contribution is 2.20. The molecule has 8 heteroatoms. The number of aromatic amines is 2. The molecule has 2 heterocycles. The summed E-state index contributed by atoms with van der Waals surface area (Å²) in [6.07, 6.45) is 6.05. The number of nitrogens with one attached hydrogen (secondary N) is 2. The molecule has 4 rings (SSSR count). The van der Waals surface area contributed by atoms with E-state index < -0.39 is 6.43 Å². The Hall–Kier alpha value is -4.33. The van der Waals surface area contributed by atoms with E-state index in [0.717, 1.165) is 23.2 Å². The number of alkyl halides is 2. The molecule has 0 spiro atoms. The smallest absolute Gasteiger partial charge is 0.242 e. The largest absolute Gasteiger partial charge is 0.513 e. The van der Waals surface area contributed by atoms with Crippen LogP contribution >= 0.6 is 0 Å². The molecule has 0 fully saturated rings. The maximum absolute atomic E-state index is 13.8. The van der Waals surface area contributed by atoms with Crippen LogP contribution in [0.25, 0.3) is 23.0 Å². The van der Waals surface area contributed by atoms with Crippen molar-refractivity contribution in [2.75, 3.05) is 0 Å². The minimum atomic E-state index is -2.38. The Morgan fingerprint density at radius 1 is 1.10 bits per heavy atom. The second-order valence-corrected chi connectivity index (χ2v) is 9.62. The molecule has 4 aromatic rings. The molecule has 0 aliphatic heterocycles. The van der Waals surface area contributed by atoms with E-state index in [-0.39, 0.29) is 23.8 Å². The van der Waals surface area contributed by atoms with E-state index in [4.69, 9.17) is 0 Å². The van der Waals surface area contributed by atoms with Gasteiger partial charge < -0.3 is 15.1 Å². The number of hydrogen-bond donors (Lipinski definition) is 3. The highest BCUT2D eigenvalue weighted by molar-refractivity contribution is 5.56. The van der Waals surface area contributed by atoms with Gasteiger partial charge in [-0.1, -0.05) is 55.5 Å². The van der Waals surface area contributed by atoms with Crippen molar-refractivity contribution in [1.82, 2.24) is 15.0 Å². The number of rotatable bonds is 10. The molecule has 0 radical (unpaired) electrons. The number of aromatic nitrogens is 3. The van der Waals surface area contributed by atoms with Crippen molar-refractivity contribution in [2.24, 2.45) is 0 Å². The number of H-pyrrole nitrogens is 2. The van der Waals surface area contributed by atoms with Crippen molar-refractivity contribution in [1.29, 1.82) is 0 Å². The Morgan fingerprint density at radius 3 is 2.56 bits per heavy atom. The standard InChI is InChI=1S/C20H19FN2O.C13H16F3N/c1-14(24)9-10-15-5-4-6-16(11-15)12-17-13-22-20(23-17)18-7-2-3-8-19(18)21;1-3-4-10(14)8-12-11(5-6-17-12)9(2)7-13(15)16/h2-8,11,13,24H,1,9-10,12H2,(H,22,23);4-6,8,13,17H,3,7H2,1-2H3/b;10-4-,11-9+,12-8+. The Morgan fingerprint density at radius 2 is 1.85 bits per heavy atom. The van der Waals surface area contributed by atoms with Gasteiger partial charge in [0.25, 0.3) is 0 Å². The number of allylic oxidation sites excluding steroid dienone is 3. The summed E-state index contributed by atoms with van der Waals surface area (Å²) in [5.74, 6) is 0.0880. The fraction of sp³-hybridized carbons (Fsp3) is 0.242. The third-order valence-electron chi connectivity index (χ3n) is 6.23. The fourth-order valence-corrected chi connectivity index (χ4v) is 4.25. The number of hydrogen-bond acceptors (Lipinski definition) is 2. The van der Waals surface area contributed by atoms with Crippen LogP contribution in [0, 0.1) is 5.82 Å². The van der Waals surface area contributed by atoms with Crippen LogP contribution in [-0.2, 0) is 12.8 Å². The van der Waals surface area contributed by atoms with Crippen LogP contribution < -0.4 is 10.6 Å². The van der Waals surface area contributed by atoms with E-state index in [0.29, 0.717) is 46.8 Å². The third kappa shape index (κ3) is 9.98. The predicted octanol–water partition coefficient (Wildman–Crippen LogP) is 7.70. The molecule has 0 aliphatic rings. The van der Waals surface area contributed by atoms with Crippen LogP contribution in [0.15, 0.2) is 91.2 Å². The lowest BCUT2D eigenvalue weighted by Crippen LogP contribution is -2.25. The molecule has 0 atom stereocenters. The van der Waals surface area contributed by atoms with E-state index >= 15 is 0 Å². The number of halogens is 4. The van der Waals surface area contributed by atoms with Gasteiger partial charge in [-0.2, -0.15) is 0 Å². The SMILES string of the molecule is C=C(O)CCc1cccc(Cc2cnc(-c3ccccc3F)[nH]2)c1.CC/C=C(F)/C=c1/[nH]cc/c1=C(/C)CC(F)F. The molecule has 216 valence electrons. The van der Waals surface area contributed by atoms with Crippen LogP contribution in [0.4, 0.5) is 17.6 Å². The van der Waals surface area contributed by atoms with E-state index in [1.807, 2.05) is 25.1 Å². The summed E-state index contributed by atoms with van der Waals surface area (Å²) in [7, 11) is 0. The number of aliphatic hydroxyl groups excluding tert-OH is 1. The highest BCUT2D eigenvalue weighted by Gasteiger charge is 2.09. The minimum Gasteiger partial charge on any atom is -0.513 e. The first-order chi connectivity index (χ1) is 19.7. The zero-order valence-corrected chi connectivity index (χ0v) is 23.2. The maximum Gasteiger partial charge on any atom is 0.242 e. The van der Waals surface area contributed by atoms with Crippen LogP contribution in [-0.4, -0.2) is 26.5 Å². The normalized spacial score (nSPS) is 12.8. The maximum atomic E-state index is 13.8. The van der Waals surface area contributed by atoms with E-state index in [1.165, 1.54) is 18.2 Å². The van der Waals surface area contributed by atoms with Crippen molar-refractivity contribution in [2.45, 2.75) is 52.4 Å². The van der Waals surface area contributed by atoms with Gasteiger partial charge in [0.05, 0.1) is 11.3 Å². The van der Waals surface area contributed by atoms with Gasteiger partial charge in [0.15, 0.2) is 0 Å². The first kappa shape index (κ1) is 31.2. The van der Waals surface area contributed by atoms with Crippen LogP contribution in [0.5, 0.6) is 0 Å². The molecule has 0 bridgehead atoms. The molecule has 0 aliphatic carbocycles. The van der Waals surface area contributed by atoms with Crippen molar-refractivity contribution in [3.63, 3.8) is 0 Å². The number of aryl methyl sites for hydroxylation is 1. The molecule has 41 heavy (non-hydrogen) atoms. The van der Waals surface area contributed by atoms with Crippen molar-refractivity contribution < 1.29 is 22.7 Å². The summed E-state index contributed by atoms with van der Waals surface area (Å²) < 4.78 is 51.7. The second kappa shape index (κ2) is 15.5. The van der Waals surface area contributed by atoms with Gasteiger partial charge in [0, 0.05) is 42.7 Å². The molecule has 0 saturated heterocycles. The quantitative estimate of drug-likeness (QED) is 0.136. The van der Waals surface area contributed by atoms with Gasteiger partial charge in [0.1, 0.15) is 17.5 Å². The summed E-state index contributed by atoms with van der Waals surface area (Å²) in [6, 6.07) is 16.4. The van der Waals surface area contributed by atoms with Crippen LogP contribution in [0.3, 0.4) is 0 Å². The Bertz CT molecular complexity index is 1580. The van der Waals surface area contributed by atoms with Gasteiger partial charge in [-0.15, -0.1) is 0 Å². The molecule has 4 nitrogen and oxygen atoms in total. The average molecular weight is 566 g/mol. The van der Waals surface area contributed by atoms with Crippen molar-refractivity contribution in [3.05, 3.63) is 124 Å². The zero-order chi connectivity index (χ0) is 29.8. The van der Waals surface area contributed by atoms with Gasteiger partial charge in [-0.25, -0.2) is 22.5 Å². The Labute approximate surface area is 237 Å². The summed E-state index contributed by atoms with van der Waals surface area (Å²) >= 11 is 0. The predicted molar refractivity (Wildman–Crippen MR) is 157 cm³/mol. The number of nitrogens with zero attached hydrogens (tertiary/aromatic N) is 1. The van der Waals surface area contributed by atoms with Crippen molar-refractivity contribution >= 4 is 11.6 Å². The monoisotopic (exact) mass is 565 g/mol. The summed E-state index contributed by atoms with van der Waals surface area (Å²) in [5.41, 5.74) is 4.24. The molecule has 2 aromatic carbocycles.